The van der Waals surface area contributed by atoms with Crippen molar-refractivity contribution < 1.29 is 28.7 Å². The molecule has 0 N–H and O–H groups in total. The quantitative estimate of drug-likeness (QED) is 0.0543. The predicted octanol–water partition coefficient (Wildman–Crippen LogP) is 7.92. The lowest BCUT2D eigenvalue weighted by atomic mass is 10.1. The van der Waals surface area contributed by atoms with Crippen molar-refractivity contribution in [2.75, 3.05) is 0 Å². The van der Waals surface area contributed by atoms with E-state index in [1.807, 2.05) is 0 Å². The van der Waals surface area contributed by atoms with Crippen LogP contribution in [0.25, 0.3) is 0 Å². The van der Waals surface area contributed by atoms with E-state index in [1.165, 1.54) is 75.6 Å². The molecule has 2 aromatic rings. The molecule has 0 fully saturated rings. The largest absolute Gasteiger partial charge is 0.514 e. The molecular formula is C28H37NO7. The van der Waals surface area contributed by atoms with Crippen LogP contribution >= 0.6 is 0 Å². The molecule has 0 radical (unpaired) electrons. The second kappa shape index (κ2) is 17.1. The topological polar surface area (TPSA) is 105 Å². The van der Waals surface area contributed by atoms with Crippen LogP contribution in [-0.2, 0) is 16.1 Å². The number of ether oxygens (including phenoxy) is 3. The maximum atomic E-state index is 12.1. The third-order valence-corrected chi connectivity index (χ3v) is 5.74. The molecule has 0 atom stereocenters. The average molecular weight is 500 g/mol. The molecule has 8 heteroatoms. The van der Waals surface area contributed by atoms with Crippen molar-refractivity contribution in [3.05, 3.63) is 64.2 Å². The van der Waals surface area contributed by atoms with Gasteiger partial charge in [0.1, 0.15) is 18.1 Å². The summed E-state index contributed by atoms with van der Waals surface area (Å²) in [5.41, 5.74) is 0.594. The lowest BCUT2D eigenvalue weighted by Gasteiger charge is -2.07. The maximum Gasteiger partial charge on any atom is 0.514 e. The highest BCUT2D eigenvalue weighted by molar-refractivity contribution is 5.72. The first-order valence-corrected chi connectivity index (χ1v) is 12.9. The van der Waals surface area contributed by atoms with Gasteiger partial charge in [-0.3, -0.25) is 14.9 Å². The van der Waals surface area contributed by atoms with E-state index in [1.54, 1.807) is 24.3 Å². The lowest BCUT2D eigenvalue weighted by molar-refractivity contribution is -0.384. The van der Waals surface area contributed by atoms with Crippen LogP contribution in [0.1, 0.15) is 89.5 Å². The molecule has 196 valence electrons. The standard InChI is InChI=1S/C28H37NO7/c1-2-3-4-5-6-7-8-9-10-11-12-13-27(30)35-25-18-14-23(15-19-25)22-34-28(31)36-26-20-16-24(17-21-26)29(32)33/h14-21H,2-13,22H2,1H3. The van der Waals surface area contributed by atoms with E-state index >= 15 is 0 Å². The minimum absolute atomic E-state index is 0.0290. The molecule has 0 amide bonds. The number of hydrogen-bond acceptors (Lipinski definition) is 7. The fourth-order valence-corrected chi connectivity index (χ4v) is 3.67. The van der Waals surface area contributed by atoms with Gasteiger partial charge in [0.2, 0.25) is 0 Å². The summed E-state index contributed by atoms with van der Waals surface area (Å²) in [5, 5.41) is 10.7. The summed E-state index contributed by atoms with van der Waals surface area (Å²) in [6.07, 6.45) is 13.0. The first-order valence-electron chi connectivity index (χ1n) is 12.9. The molecule has 36 heavy (non-hydrogen) atoms. The molecule has 2 rings (SSSR count). The highest BCUT2D eigenvalue weighted by Gasteiger charge is 2.10. The molecule has 0 unspecified atom stereocenters. The van der Waals surface area contributed by atoms with Gasteiger partial charge in [-0.1, -0.05) is 83.3 Å². The van der Waals surface area contributed by atoms with Crippen LogP contribution in [0.2, 0.25) is 0 Å². The summed E-state index contributed by atoms with van der Waals surface area (Å²) < 4.78 is 15.4. The van der Waals surface area contributed by atoms with E-state index < -0.39 is 11.1 Å². The van der Waals surface area contributed by atoms with E-state index in [0.717, 1.165) is 19.3 Å². The van der Waals surface area contributed by atoms with Gasteiger partial charge in [0.15, 0.2) is 0 Å². The number of rotatable bonds is 17. The van der Waals surface area contributed by atoms with Crippen molar-refractivity contribution in [3.63, 3.8) is 0 Å². The molecule has 0 aliphatic carbocycles. The Balaban J connectivity index is 1.55. The molecule has 0 aliphatic rings. The Hall–Kier alpha value is -3.42. The Morgan fingerprint density at radius 3 is 1.78 bits per heavy atom. The van der Waals surface area contributed by atoms with Crippen molar-refractivity contribution in [2.24, 2.45) is 0 Å². The number of carbonyl (C=O) groups excluding carboxylic acids is 2. The van der Waals surface area contributed by atoms with E-state index in [0.29, 0.717) is 17.7 Å². The number of nitro groups is 1. The first kappa shape index (κ1) is 28.8. The monoisotopic (exact) mass is 499 g/mol. The van der Waals surface area contributed by atoms with Gasteiger partial charge in [0.05, 0.1) is 4.92 Å². The van der Waals surface area contributed by atoms with Crippen LogP contribution in [0.4, 0.5) is 10.5 Å². The van der Waals surface area contributed by atoms with Gasteiger partial charge in [-0.25, -0.2) is 4.79 Å². The maximum absolute atomic E-state index is 12.1. The van der Waals surface area contributed by atoms with Gasteiger partial charge in [0.25, 0.3) is 5.69 Å². The van der Waals surface area contributed by atoms with Crippen molar-refractivity contribution in [2.45, 2.75) is 90.6 Å². The zero-order chi connectivity index (χ0) is 26.0. The SMILES string of the molecule is CCCCCCCCCCCCCC(=O)Oc1ccc(COC(=O)Oc2ccc([N+](=O)[O-])cc2)cc1. The Bertz CT molecular complexity index is 926. The number of non-ortho nitro benzene ring substituents is 1. The number of unbranched alkanes of at least 4 members (excludes halogenated alkanes) is 10. The van der Waals surface area contributed by atoms with Gasteiger partial charge < -0.3 is 14.2 Å². The zero-order valence-corrected chi connectivity index (χ0v) is 21.1. The van der Waals surface area contributed by atoms with E-state index in [4.69, 9.17) is 14.2 Å². The number of carbonyl (C=O) groups is 2. The number of hydrogen-bond donors (Lipinski definition) is 0. The second-order valence-corrected chi connectivity index (χ2v) is 8.80. The van der Waals surface area contributed by atoms with Crippen molar-refractivity contribution in [3.8, 4) is 11.5 Å². The fraction of sp³-hybridized carbons (Fsp3) is 0.500. The number of benzene rings is 2. The van der Waals surface area contributed by atoms with Crippen LogP contribution in [0.3, 0.4) is 0 Å². The zero-order valence-electron chi connectivity index (χ0n) is 21.1. The lowest BCUT2D eigenvalue weighted by Crippen LogP contribution is -2.10. The van der Waals surface area contributed by atoms with Gasteiger partial charge in [0, 0.05) is 18.6 Å². The normalized spacial score (nSPS) is 10.6. The van der Waals surface area contributed by atoms with E-state index in [-0.39, 0.29) is 24.0 Å². The Labute approximate surface area is 213 Å². The number of nitro benzene ring substituents is 1. The second-order valence-electron chi connectivity index (χ2n) is 8.80. The average Bonchev–Trinajstić information content (AvgIpc) is 2.87. The third kappa shape index (κ3) is 12.3. The summed E-state index contributed by atoms with van der Waals surface area (Å²) in [6, 6.07) is 11.8. The molecular weight excluding hydrogens is 462 g/mol. The van der Waals surface area contributed by atoms with Crippen LogP contribution < -0.4 is 9.47 Å². The van der Waals surface area contributed by atoms with Crippen LogP contribution in [0, 0.1) is 10.1 Å². The van der Waals surface area contributed by atoms with Crippen LogP contribution in [-0.4, -0.2) is 17.0 Å². The molecule has 8 nitrogen and oxygen atoms in total. The van der Waals surface area contributed by atoms with Crippen molar-refractivity contribution >= 4 is 17.8 Å². The molecule has 0 spiro atoms. The minimum Gasteiger partial charge on any atom is -0.429 e. The smallest absolute Gasteiger partial charge is 0.429 e. The molecule has 0 heterocycles. The predicted molar refractivity (Wildman–Crippen MR) is 137 cm³/mol. The molecule has 0 bridgehead atoms. The summed E-state index contributed by atoms with van der Waals surface area (Å²) in [4.78, 5) is 34.0. The third-order valence-electron chi connectivity index (χ3n) is 5.74. The molecule has 0 aromatic heterocycles. The Kier molecular flexibility index (Phi) is 13.7. The minimum atomic E-state index is -0.925. The van der Waals surface area contributed by atoms with Gasteiger partial charge in [-0.05, 0) is 36.2 Å². The Morgan fingerprint density at radius 2 is 1.22 bits per heavy atom. The van der Waals surface area contributed by atoms with Gasteiger partial charge >= 0.3 is 12.1 Å². The number of nitrogens with zero attached hydrogens (tertiary/aromatic N) is 1. The summed E-state index contributed by atoms with van der Waals surface area (Å²) in [7, 11) is 0. The number of esters is 1. The van der Waals surface area contributed by atoms with Gasteiger partial charge in [-0.15, -0.1) is 0 Å². The van der Waals surface area contributed by atoms with E-state index in [9.17, 15) is 19.7 Å². The van der Waals surface area contributed by atoms with Crippen molar-refractivity contribution in [1.82, 2.24) is 0 Å². The summed E-state index contributed by atoms with van der Waals surface area (Å²) in [5.74, 6) is 0.340. The van der Waals surface area contributed by atoms with E-state index in [2.05, 4.69) is 6.92 Å². The molecule has 0 aliphatic heterocycles. The highest BCUT2D eigenvalue weighted by atomic mass is 16.7. The fourth-order valence-electron chi connectivity index (χ4n) is 3.67. The first-order chi connectivity index (χ1) is 17.5. The summed E-state index contributed by atoms with van der Waals surface area (Å²) >= 11 is 0. The molecule has 0 saturated heterocycles. The molecule has 2 aromatic carbocycles. The molecule has 0 saturated carbocycles. The summed E-state index contributed by atoms with van der Waals surface area (Å²) in [6.45, 7) is 2.21. The van der Waals surface area contributed by atoms with Gasteiger partial charge in [-0.2, -0.15) is 0 Å². The van der Waals surface area contributed by atoms with Crippen LogP contribution in [0.5, 0.6) is 11.5 Å². The highest BCUT2D eigenvalue weighted by Crippen LogP contribution is 2.19. The van der Waals surface area contributed by atoms with Crippen molar-refractivity contribution in [1.29, 1.82) is 0 Å². The van der Waals surface area contributed by atoms with Crippen LogP contribution in [0.15, 0.2) is 48.5 Å². The Morgan fingerprint density at radius 1 is 0.722 bits per heavy atom.